The van der Waals surface area contributed by atoms with E-state index in [2.05, 4.69) is 31.0 Å². The van der Waals surface area contributed by atoms with Crippen molar-refractivity contribution >= 4 is 11.7 Å². The smallest absolute Gasteiger partial charge is 0.277 e. The second-order valence-corrected chi connectivity index (χ2v) is 6.81. The summed E-state index contributed by atoms with van der Waals surface area (Å²) in [6.07, 6.45) is 8.49. The van der Waals surface area contributed by atoms with Crippen LogP contribution in [0.2, 0.25) is 0 Å². The number of anilines is 1. The Balaban J connectivity index is 1.45. The van der Waals surface area contributed by atoms with Crippen molar-refractivity contribution in [2.45, 2.75) is 57.4 Å². The third-order valence-corrected chi connectivity index (χ3v) is 5.16. The molecule has 7 nitrogen and oxygen atoms in total. The van der Waals surface area contributed by atoms with Crippen LogP contribution in [0.15, 0.2) is 6.07 Å². The Kier molecular flexibility index (Phi) is 4.34. The summed E-state index contributed by atoms with van der Waals surface area (Å²) in [4.78, 5) is 12.5. The summed E-state index contributed by atoms with van der Waals surface area (Å²) in [6, 6.07) is 1.98. The van der Waals surface area contributed by atoms with Crippen LogP contribution in [0.4, 0.5) is 5.82 Å². The normalized spacial score (nSPS) is 18.8. The van der Waals surface area contributed by atoms with E-state index in [0.717, 1.165) is 29.9 Å². The summed E-state index contributed by atoms with van der Waals surface area (Å²) in [5.41, 5.74) is 3.63. The van der Waals surface area contributed by atoms with Crippen molar-refractivity contribution in [2.75, 3.05) is 11.9 Å². The Bertz CT molecular complexity index is 710. The van der Waals surface area contributed by atoms with Crippen molar-refractivity contribution in [1.29, 1.82) is 0 Å². The Morgan fingerprint density at radius 2 is 1.96 bits per heavy atom. The van der Waals surface area contributed by atoms with E-state index < -0.39 is 0 Å². The van der Waals surface area contributed by atoms with Crippen LogP contribution in [-0.4, -0.2) is 32.8 Å². The van der Waals surface area contributed by atoms with Gasteiger partial charge in [0.25, 0.3) is 5.91 Å². The van der Waals surface area contributed by atoms with Crippen LogP contribution >= 0.6 is 0 Å². The lowest BCUT2D eigenvalue weighted by molar-refractivity contribution is 0.102. The predicted octanol–water partition coefficient (Wildman–Crippen LogP) is 2.47. The van der Waals surface area contributed by atoms with Gasteiger partial charge in [0.1, 0.15) is 0 Å². The van der Waals surface area contributed by atoms with Gasteiger partial charge in [0.2, 0.25) is 0 Å². The number of nitrogens with zero attached hydrogens (tertiary/aromatic N) is 2. The first-order valence-electron chi connectivity index (χ1n) is 8.95. The molecule has 24 heavy (non-hydrogen) atoms. The summed E-state index contributed by atoms with van der Waals surface area (Å²) in [7, 11) is 0. The van der Waals surface area contributed by atoms with E-state index in [4.69, 9.17) is 0 Å². The molecule has 3 heterocycles. The molecule has 1 fully saturated rings. The lowest BCUT2D eigenvalue weighted by Gasteiger charge is -2.12. The van der Waals surface area contributed by atoms with E-state index in [0.29, 0.717) is 24.0 Å². The van der Waals surface area contributed by atoms with Gasteiger partial charge >= 0.3 is 0 Å². The number of aromatic nitrogens is 4. The van der Waals surface area contributed by atoms with Gasteiger partial charge in [-0.25, -0.2) is 0 Å². The van der Waals surface area contributed by atoms with Gasteiger partial charge in [-0.1, -0.05) is 25.7 Å². The van der Waals surface area contributed by atoms with Crippen LogP contribution < -0.4 is 10.6 Å². The van der Waals surface area contributed by atoms with Gasteiger partial charge < -0.3 is 10.6 Å². The maximum Gasteiger partial charge on any atom is 0.277 e. The minimum atomic E-state index is -0.199. The van der Waals surface area contributed by atoms with Gasteiger partial charge in [0.15, 0.2) is 11.5 Å². The summed E-state index contributed by atoms with van der Waals surface area (Å²) in [6.45, 7) is 1.60. The molecule has 0 saturated heterocycles. The molecule has 0 bridgehead atoms. The summed E-state index contributed by atoms with van der Waals surface area (Å²) >= 11 is 0. The molecule has 1 aliphatic carbocycles. The number of nitrogens with one attached hydrogen (secondary N) is 4. The average molecular weight is 328 g/mol. The minimum Gasteiger partial charge on any atom is -0.312 e. The Labute approximate surface area is 141 Å². The molecule has 2 aliphatic rings. The van der Waals surface area contributed by atoms with E-state index in [-0.39, 0.29) is 5.91 Å². The SMILES string of the molecule is O=C(Nc1cc(C2CCCCCC2)[nH]n1)c1n[nH]c2c1CNCC2. The standard InChI is InChI=1S/C17H24N6O/c24-17(16-12-10-18-8-7-13(12)20-23-16)19-15-9-14(21-22-15)11-5-3-1-2-4-6-11/h9,11,18H,1-8,10H2,(H,20,23)(H2,19,21,22,24). The molecule has 4 N–H and O–H groups in total. The highest BCUT2D eigenvalue weighted by molar-refractivity contribution is 6.03. The van der Waals surface area contributed by atoms with Crippen LogP contribution in [0.5, 0.6) is 0 Å². The zero-order chi connectivity index (χ0) is 16.4. The van der Waals surface area contributed by atoms with Crippen molar-refractivity contribution in [2.24, 2.45) is 0 Å². The lowest BCUT2D eigenvalue weighted by atomic mass is 9.97. The van der Waals surface area contributed by atoms with Crippen molar-refractivity contribution in [3.63, 3.8) is 0 Å². The monoisotopic (exact) mass is 328 g/mol. The van der Waals surface area contributed by atoms with E-state index in [9.17, 15) is 4.79 Å². The molecule has 0 atom stereocenters. The zero-order valence-electron chi connectivity index (χ0n) is 13.8. The van der Waals surface area contributed by atoms with Gasteiger partial charge in [-0.15, -0.1) is 0 Å². The maximum absolute atomic E-state index is 12.5. The molecule has 4 rings (SSSR count). The molecular formula is C17H24N6O. The summed E-state index contributed by atoms with van der Waals surface area (Å²) < 4.78 is 0. The Morgan fingerprint density at radius 3 is 2.79 bits per heavy atom. The van der Waals surface area contributed by atoms with Gasteiger partial charge in [-0.2, -0.15) is 10.2 Å². The number of rotatable bonds is 3. The Morgan fingerprint density at radius 1 is 1.12 bits per heavy atom. The molecule has 2 aromatic rings. The molecule has 0 spiro atoms. The highest BCUT2D eigenvalue weighted by Crippen LogP contribution is 2.31. The van der Waals surface area contributed by atoms with E-state index in [1.807, 2.05) is 6.07 Å². The number of H-pyrrole nitrogens is 2. The molecule has 0 aromatic carbocycles. The third kappa shape index (κ3) is 3.08. The fourth-order valence-electron chi connectivity index (χ4n) is 3.79. The first-order chi connectivity index (χ1) is 11.8. The van der Waals surface area contributed by atoms with Gasteiger partial charge in [0, 0.05) is 48.4 Å². The minimum absolute atomic E-state index is 0.199. The maximum atomic E-state index is 12.5. The number of carbonyl (C=O) groups excluding carboxylic acids is 1. The molecule has 128 valence electrons. The topological polar surface area (TPSA) is 98.5 Å². The molecule has 1 saturated carbocycles. The van der Waals surface area contributed by atoms with Crippen LogP contribution in [0.25, 0.3) is 0 Å². The molecule has 7 heteroatoms. The third-order valence-electron chi connectivity index (χ3n) is 5.16. The van der Waals surface area contributed by atoms with E-state index >= 15 is 0 Å². The number of aromatic amines is 2. The van der Waals surface area contributed by atoms with Crippen molar-refractivity contribution < 1.29 is 4.79 Å². The zero-order valence-corrected chi connectivity index (χ0v) is 13.8. The predicted molar refractivity (Wildman–Crippen MR) is 91.0 cm³/mol. The van der Waals surface area contributed by atoms with Gasteiger partial charge in [0.05, 0.1) is 0 Å². The molecule has 1 amide bonds. The lowest BCUT2D eigenvalue weighted by Crippen LogP contribution is -2.25. The van der Waals surface area contributed by atoms with Crippen LogP contribution in [0, 0.1) is 0 Å². The Hall–Kier alpha value is -2.15. The number of hydrogen-bond acceptors (Lipinski definition) is 4. The van der Waals surface area contributed by atoms with E-state index in [1.165, 1.54) is 38.5 Å². The van der Waals surface area contributed by atoms with E-state index in [1.54, 1.807) is 0 Å². The fourth-order valence-corrected chi connectivity index (χ4v) is 3.79. The fraction of sp³-hybridized carbons (Fsp3) is 0.588. The van der Waals surface area contributed by atoms with Crippen molar-refractivity contribution in [3.05, 3.63) is 28.7 Å². The molecule has 1 aliphatic heterocycles. The molecule has 0 radical (unpaired) electrons. The van der Waals surface area contributed by atoms with Crippen LogP contribution in [0.3, 0.4) is 0 Å². The molecular weight excluding hydrogens is 304 g/mol. The quantitative estimate of drug-likeness (QED) is 0.651. The highest BCUT2D eigenvalue weighted by Gasteiger charge is 2.23. The first-order valence-corrected chi connectivity index (χ1v) is 8.95. The van der Waals surface area contributed by atoms with Gasteiger partial charge in [-0.3, -0.25) is 15.0 Å². The largest absolute Gasteiger partial charge is 0.312 e. The highest BCUT2D eigenvalue weighted by atomic mass is 16.2. The number of amides is 1. The number of hydrogen-bond donors (Lipinski definition) is 4. The van der Waals surface area contributed by atoms with Crippen molar-refractivity contribution in [3.8, 4) is 0 Å². The average Bonchev–Trinajstić information content (AvgIpc) is 3.14. The van der Waals surface area contributed by atoms with Crippen LogP contribution in [0.1, 0.15) is 71.9 Å². The van der Waals surface area contributed by atoms with Crippen molar-refractivity contribution in [1.82, 2.24) is 25.7 Å². The van der Waals surface area contributed by atoms with Crippen LogP contribution in [-0.2, 0) is 13.0 Å². The second-order valence-electron chi connectivity index (χ2n) is 6.81. The molecule has 0 unspecified atom stereocenters. The first kappa shape index (κ1) is 15.4. The summed E-state index contributed by atoms with van der Waals surface area (Å²) in [5.74, 6) is 0.919. The summed E-state index contributed by atoms with van der Waals surface area (Å²) in [5, 5.41) is 20.7. The number of carbonyl (C=O) groups is 1. The van der Waals surface area contributed by atoms with Gasteiger partial charge in [-0.05, 0) is 12.8 Å². The second kappa shape index (κ2) is 6.76. The molecule has 2 aromatic heterocycles. The number of fused-ring (bicyclic) bond motifs is 1.